The fourth-order valence-corrected chi connectivity index (χ4v) is 4.67. The lowest BCUT2D eigenvalue weighted by Crippen LogP contribution is -2.55. The fourth-order valence-electron chi connectivity index (χ4n) is 4.67. The molecule has 3 aromatic carbocycles. The van der Waals surface area contributed by atoms with Crippen LogP contribution in [0.2, 0.25) is 0 Å². The fraction of sp³-hybridized carbons (Fsp3) is 0.300. The van der Waals surface area contributed by atoms with Crippen LogP contribution in [-0.4, -0.2) is 47.9 Å². The molecule has 0 radical (unpaired) electrons. The molecule has 0 heterocycles. The summed E-state index contributed by atoms with van der Waals surface area (Å²) in [4.78, 5) is 37.4. The molecule has 0 bridgehead atoms. The van der Waals surface area contributed by atoms with Crippen LogP contribution in [0.5, 0.6) is 0 Å². The van der Waals surface area contributed by atoms with Gasteiger partial charge in [0.1, 0.15) is 12.6 Å². The van der Waals surface area contributed by atoms with E-state index in [4.69, 9.17) is 9.47 Å². The Kier molecular flexibility index (Phi) is 8.76. The Morgan fingerprint density at radius 1 is 0.868 bits per heavy atom. The first kappa shape index (κ1) is 26.9. The number of nitrogens with one attached hydrogen (secondary N) is 2. The molecule has 1 aliphatic rings. The molecule has 0 spiro atoms. The summed E-state index contributed by atoms with van der Waals surface area (Å²) in [6.07, 6.45) is -1.29. The largest absolute Gasteiger partial charge is 0.480 e. The Balaban J connectivity index is 1.33. The number of alkyl carbamates (subject to hydrolysis) is 1. The van der Waals surface area contributed by atoms with Gasteiger partial charge in [-0.3, -0.25) is 4.79 Å². The van der Waals surface area contributed by atoms with Crippen LogP contribution in [0, 0.1) is 0 Å². The van der Waals surface area contributed by atoms with Crippen LogP contribution in [0.15, 0.2) is 78.9 Å². The van der Waals surface area contributed by atoms with Gasteiger partial charge in [0.15, 0.2) is 6.04 Å². The van der Waals surface area contributed by atoms with E-state index >= 15 is 0 Å². The zero-order valence-electron chi connectivity index (χ0n) is 21.4. The van der Waals surface area contributed by atoms with Crippen molar-refractivity contribution in [2.45, 2.75) is 51.0 Å². The van der Waals surface area contributed by atoms with Crippen molar-refractivity contribution in [2.24, 2.45) is 0 Å². The molecule has 0 saturated carbocycles. The summed E-state index contributed by atoms with van der Waals surface area (Å²) in [6, 6.07) is 23.1. The molecule has 0 aromatic heterocycles. The number of amides is 2. The maximum absolute atomic E-state index is 12.9. The summed E-state index contributed by atoms with van der Waals surface area (Å²) in [5, 5.41) is 14.8. The number of carbonyl (C=O) groups is 3. The zero-order valence-corrected chi connectivity index (χ0v) is 21.4. The van der Waals surface area contributed by atoms with Crippen molar-refractivity contribution in [2.75, 3.05) is 6.61 Å². The maximum Gasteiger partial charge on any atom is 0.407 e. The van der Waals surface area contributed by atoms with E-state index in [0.29, 0.717) is 0 Å². The van der Waals surface area contributed by atoms with E-state index in [2.05, 4.69) is 22.8 Å². The molecule has 1 aliphatic carbocycles. The number of ether oxygens (including phenoxy) is 2. The van der Waals surface area contributed by atoms with Crippen molar-refractivity contribution in [1.82, 2.24) is 10.6 Å². The third-order valence-electron chi connectivity index (χ3n) is 6.75. The maximum atomic E-state index is 12.9. The smallest absolute Gasteiger partial charge is 0.407 e. The molecule has 8 nitrogen and oxygen atoms in total. The number of hydrogen-bond donors (Lipinski definition) is 3. The predicted octanol–water partition coefficient (Wildman–Crippen LogP) is 4.48. The monoisotopic (exact) mass is 516 g/mol. The highest BCUT2D eigenvalue weighted by Gasteiger charge is 2.32. The Morgan fingerprint density at radius 3 is 2.03 bits per heavy atom. The second-order valence-electron chi connectivity index (χ2n) is 9.26. The molecule has 0 fully saturated rings. The molecule has 38 heavy (non-hydrogen) atoms. The third kappa shape index (κ3) is 6.20. The lowest BCUT2D eigenvalue weighted by Gasteiger charge is -2.25. The number of benzene rings is 3. The highest BCUT2D eigenvalue weighted by Crippen LogP contribution is 2.44. The van der Waals surface area contributed by atoms with Crippen molar-refractivity contribution < 1.29 is 29.0 Å². The number of fused-ring (bicyclic) bond motifs is 3. The van der Waals surface area contributed by atoms with Gasteiger partial charge >= 0.3 is 12.1 Å². The van der Waals surface area contributed by atoms with Crippen molar-refractivity contribution in [3.63, 3.8) is 0 Å². The highest BCUT2D eigenvalue weighted by molar-refractivity contribution is 5.89. The van der Waals surface area contributed by atoms with Crippen LogP contribution < -0.4 is 10.6 Å². The van der Waals surface area contributed by atoms with Gasteiger partial charge in [-0.1, -0.05) is 85.8 Å². The average molecular weight is 517 g/mol. The van der Waals surface area contributed by atoms with E-state index in [1.165, 1.54) is 0 Å². The Morgan fingerprint density at radius 2 is 1.45 bits per heavy atom. The first-order chi connectivity index (χ1) is 18.4. The molecule has 3 atom stereocenters. The molecule has 3 aromatic rings. The molecular formula is C30H32N2O6. The molecule has 198 valence electrons. The first-order valence-electron chi connectivity index (χ1n) is 12.7. The minimum atomic E-state index is -1.29. The summed E-state index contributed by atoms with van der Waals surface area (Å²) >= 11 is 0. The molecular weight excluding hydrogens is 484 g/mol. The number of rotatable bonds is 11. The number of aliphatic carboxylic acids is 1. The molecule has 0 aliphatic heterocycles. The van der Waals surface area contributed by atoms with E-state index in [0.717, 1.165) is 27.8 Å². The van der Waals surface area contributed by atoms with Crippen molar-refractivity contribution in [3.8, 4) is 11.1 Å². The van der Waals surface area contributed by atoms with Crippen LogP contribution in [0.3, 0.4) is 0 Å². The van der Waals surface area contributed by atoms with Crippen molar-refractivity contribution in [1.29, 1.82) is 0 Å². The van der Waals surface area contributed by atoms with Crippen molar-refractivity contribution in [3.05, 3.63) is 95.6 Å². The van der Waals surface area contributed by atoms with Crippen LogP contribution in [0.4, 0.5) is 4.79 Å². The van der Waals surface area contributed by atoms with Crippen LogP contribution in [0.1, 0.15) is 42.9 Å². The van der Waals surface area contributed by atoms with Crippen molar-refractivity contribution >= 4 is 18.0 Å². The second-order valence-corrected chi connectivity index (χ2v) is 9.26. The van der Waals surface area contributed by atoms with Gasteiger partial charge in [0.05, 0.1) is 12.7 Å². The normalized spacial score (nSPS) is 14.5. The van der Waals surface area contributed by atoms with E-state index < -0.39 is 36.2 Å². The predicted molar refractivity (Wildman–Crippen MR) is 143 cm³/mol. The van der Waals surface area contributed by atoms with Gasteiger partial charge in [0, 0.05) is 5.92 Å². The standard InChI is InChI=1S/C30H32N2O6/c1-3-26(28(33)32-27(29(34)35)19(2)37-17-20-11-5-4-6-12-20)31-30(36)38-18-25-23-15-9-7-13-21(23)22-14-8-10-16-24(22)25/h4-16,19,25-27H,3,17-18H2,1-2H3,(H,31,36)(H,32,33)(H,34,35)/t19-,26-,27+/m1/s1. The summed E-state index contributed by atoms with van der Waals surface area (Å²) in [6.45, 7) is 3.62. The lowest BCUT2D eigenvalue weighted by molar-refractivity contribution is -0.146. The Labute approximate surface area is 222 Å². The van der Waals surface area contributed by atoms with E-state index in [-0.39, 0.29) is 25.6 Å². The van der Waals surface area contributed by atoms with E-state index in [1.807, 2.05) is 66.7 Å². The third-order valence-corrected chi connectivity index (χ3v) is 6.75. The SMILES string of the molecule is CC[C@@H](NC(=O)OCC1c2ccccc2-c2ccccc21)C(=O)N[C@H](C(=O)O)[C@@H](C)OCc1ccccc1. The molecule has 0 unspecified atom stereocenters. The number of carboxylic acids is 1. The van der Waals surface area contributed by atoms with Gasteiger partial charge < -0.3 is 25.2 Å². The number of hydrogen-bond acceptors (Lipinski definition) is 5. The topological polar surface area (TPSA) is 114 Å². The van der Waals surface area contributed by atoms with Crippen LogP contribution in [-0.2, 0) is 25.7 Å². The minimum Gasteiger partial charge on any atom is -0.480 e. The second kappa shape index (κ2) is 12.4. The van der Waals surface area contributed by atoms with Crippen LogP contribution >= 0.6 is 0 Å². The van der Waals surface area contributed by atoms with Gasteiger partial charge in [-0.15, -0.1) is 0 Å². The van der Waals surface area contributed by atoms with E-state index in [1.54, 1.807) is 13.8 Å². The summed E-state index contributed by atoms with van der Waals surface area (Å²) in [7, 11) is 0. The quantitative estimate of drug-likeness (QED) is 0.346. The zero-order chi connectivity index (χ0) is 27.1. The van der Waals surface area contributed by atoms with Gasteiger partial charge in [0.25, 0.3) is 0 Å². The molecule has 3 N–H and O–H groups in total. The first-order valence-corrected chi connectivity index (χ1v) is 12.7. The average Bonchev–Trinajstić information content (AvgIpc) is 3.26. The lowest BCUT2D eigenvalue weighted by atomic mass is 9.98. The summed E-state index contributed by atoms with van der Waals surface area (Å²) in [5.41, 5.74) is 5.29. The molecule has 8 heteroatoms. The number of carboxylic acid groups (broad SMARTS) is 1. The van der Waals surface area contributed by atoms with Gasteiger partial charge in [-0.2, -0.15) is 0 Å². The summed E-state index contributed by atoms with van der Waals surface area (Å²) in [5.74, 6) is -1.96. The van der Waals surface area contributed by atoms with Gasteiger partial charge in [0.2, 0.25) is 5.91 Å². The van der Waals surface area contributed by atoms with Gasteiger partial charge in [-0.05, 0) is 41.2 Å². The highest BCUT2D eigenvalue weighted by atomic mass is 16.5. The minimum absolute atomic E-state index is 0.110. The Bertz CT molecular complexity index is 1230. The molecule has 0 saturated heterocycles. The van der Waals surface area contributed by atoms with Crippen LogP contribution in [0.25, 0.3) is 11.1 Å². The summed E-state index contributed by atoms with van der Waals surface area (Å²) < 4.78 is 11.2. The van der Waals surface area contributed by atoms with Gasteiger partial charge in [-0.25, -0.2) is 9.59 Å². The molecule has 2 amide bonds. The number of carbonyl (C=O) groups excluding carboxylic acids is 2. The Hall–Kier alpha value is -4.17. The van der Waals surface area contributed by atoms with E-state index in [9.17, 15) is 19.5 Å². The molecule has 4 rings (SSSR count).